The fourth-order valence-electron chi connectivity index (χ4n) is 3.20. The highest BCUT2D eigenvalue weighted by atomic mass is 32.2. The predicted molar refractivity (Wildman–Crippen MR) is 128 cm³/mol. The summed E-state index contributed by atoms with van der Waals surface area (Å²) in [7, 11) is 3.10. The largest absolute Gasteiger partial charge is 0.497 e. The summed E-state index contributed by atoms with van der Waals surface area (Å²) in [4.78, 5) is 16.0. The number of rotatable bonds is 9. The Bertz CT molecular complexity index is 1140. The number of hydrogen-bond acceptors (Lipinski definition) is 6. The van der Waals surface area contributed by atoms with Gasteiger partial charge in [-0.3, -0.25) is 9.10 Å². The zero-order valence-corrected chi connectivity index (χ0v) is 20.1. The third-order valence-electron chi connectivity index (χ3n) is 5.14. The van der Waals surface area contributed by atoms with Crippen molar-refractivity contribution < 1.29 is 17.9 Å². The van der Waals surface area contributed by atoms with E-state index in [0.29, 0.717) is 18.0 Å². The molecule has 1 aromatic heterocycles. The molecule has 0 aliphatic carbocycles. The van der Waals surface area contributed by atoms with E-state index in [0.717, 1.165) is 4.88 Å². The Morgan fingerprint density at radius 1 is 1.06 bits per heavy atom. The lowest BCUT2D eigenvalue weighted by atomic mass is 10.2. The number of ether oxygens (including phenoxy) is 1. The van der Waals surface area contributed by atoms with Crippen molar-refractivity contribution in [3.8, 4) is 5.75 Å². The number of carbonyl (C=O) groups excluding carboxylic acids is 1. The van der Waals surface area contributed by atoms with E-state index >= 15 is 0 Å². The predicted octanol–water partition coefficient (Wildman–Crippen LogP) is 3.61. The van der Waals surface area contributed by atoms with Crippen LogP contribution < -0.4 is 14.4 Å². The molecule has 1 heterocycles. The molecule has 32 heavy (non-hydrogen) atoms. The average Bonchev–Trinajstić information content (AvgIpc) is 3.33. The standard InChI is InChI=1S/C23H27N3O4S2/c1-25(2)21(22-9-6-14-31-22)16-24-23(27)17-7-5-8-20(15-17)32(28,29)26(3)18-10-12-19(30-4)13-11-18/h5-15,21H,16H2,1-4H3,(H,24,27)/t21-/m1/s1. The van der Waals surface area contributed by atoms with Gasteiger partial charge in [-0.15, -0.1) is 11.3 Å². The number of nitrogens with zero attached hydrogens (tertiary/aromatic N) is 2. The minimum absolute atomic E-state index is 0.0343. The van der Waals surface area contributed by atoms with Crippen LogP contribution >= 0.6 is 11.3 Å². The molecule has 0 fully saturated rings. The third-order valence-corrected chi connectivity index (χ3v) is 7.90. The van der Waals surface area contributed by atoms with Gasteiger partial charge in [0.2, 0.25) is 0 Å². The van der Waals surface area contributed by atoms with Crippen LogP contribution in [0.1, 0.15) is 21.3 Å². The van der Waals surface area contributed by atoms with Gasteiger partial charge in [0.25, 0.3) is 15.9 Å². The van der Waals surface area contributed by atoms with E-state index in [-0.39, 0.29) is 22.4 Å². The summed E-state index contributed by atoms with van der Waals surface area (Å²) in [5.74, 6) is 0.314. The van der Waals surface area contributed by atoms with Crippen LogP contribution in [0, 0.1) is 0 Å². The summed E-state index contributed by atoms with van der Waals surface area (Å²) < 4.78 is 32.6. The summed E-state index contributed by atoms with van der Waals surface area (Å²) in [5, 5.41) is 4.93. The molecule has 0 saturated carbocycles. The summed E-state index contributed by atoms with van der Waals surface area (Å²) in [6.45, 7) is 0.412. The molecular weight excluding hydrogens is 446 g/mol. The summed E-state index contributed by atoms with van der Waals surface area (Å²) in [6, 6.07) is 16.8. The van der Waals surface area contributed by atoms with Crippen LogP contribution in [0.2, 0.25) is 0 Å². The van der Waals surface area contributed by atoms with Gasteiger partial charge in [-0.05, 0) is 68.0 Å². The highest BCUT2D eigenvalue weighted by Crippen LogP contribution is 2.25. The molecule has 1 atom stereocenters. The van der Waals surface area contributed by atoms with Crippen molar-refractivity contribution in [2.75, 3.05) is 39.1 Å². The Morgan fingerprint density at radius 2 is 1.78 bits per heavy atom. The van der Waals surface area contributed by atoms with Crippen LogP contribution in [0.4, 0.5) is 5.69 Å². The lowest BCUT2D eigenvalue weighted by molar-refractivity contribution is 0.0942. The Labute approximate surface area is 193 Å². The lowest BCUT2D eigenvalue weighted by Crippen LogP contribution is -2.34. The molecule has 0 spiro atoms. The first-order valence-corrected chi connectivity index (χ1v) is 12.3. The van der Waals surface area contributed by atoms with Gasteiger partial charge in [0.1, 0.15) is 5.75 Å². The summed E-state index contributed by atoms with van der Waals surface area (Å²) in [6.07, 6.45) is 0. The quantitative estimate of drug-likeness (QED) is 0.514. The van der Waals surface area contributed by atoms with E-state index in [1.807, 2.05) is 36.5 Å². The SMILES string of the molecule is COc1ccc(N(C)S(=O)(=O)c2cccc(C(=O)NC[C@H](c3cccs3)N(C)C)c2)cc1. The van der Waals surface area contributed by atoms with Gasteiger partial charge in [0.15, 0.2) is 0 Å². The fourth-order valence-corrected chi connectivity index (χ4v) is 5.36. The second-order valence-electron chi connectivity index (χ2n) is 7.40. The fraction of sp³-hybridized carbons (Fsp3) is 0.261. The molecule has 2 aromatic carbocycles. The minimum Gasteiger partial charge on any atom is -0.497 e. The Hall–Kier alpha value is -2.88. The maximum absolute atomic E-state index is 13.1. The molecule has 170 valence electrons. The average molecular weight is 474 g/mol. The summed E-state index contributed by atoms with van der Waals surface area (Å²) >= 11 is 1.63. The number of methoxy groups -OCH3 is 1. The molecular formula is C23H27N3O4S2. The number of benzene rings is 2. The first kappa shape index (κ1) is 23.8. The van der Waals surface area contributed by atoms with E-state index in [1.54, 1.807) is 54.8 Å². The highest BCUT2D eigenvalue weighted by molar-refractivity contribution is 7.92. The van der Waals surface area contributed by atoms with Crippen molar-refractivity contribution in [1.29, 1.82) is 0 Å². The molecule has 3 rings (SSSR count). The van der Waals surface area contributed by atoms with Crippen molar-refractivity contribution in [2.24, 2.45) is 0 Å². The monoisotopic (exact) mass is 473 g/mol. The van der Waals surface area contributed by atoms with Crippen LogP contribution in [-0.2, 0) is 10.0 Å². The number of thiophene rings is 1. The van der Waals surface area contributed by atoms with E-state index in [4.69, 9.17) is 4.74 Å². The van der Waals surface area contributed by atoms with Gasteiger partial charge in [0, 0.05) is 24.0 Å². The molecule has 0 unspecified atom stereocenters. The number of amides is 1. The molecule has 7 nitrogen and oxygen atoms in total. The van der Waals surface area contributed by atoms with E-state index in [2.05, 4.69) is 5.32 Å². The van der Waals surface area contributed by atoms with Crippen LogP contribution in [0.15, 0.2) is 70.9 Å². The van der Waals surface area contributed by atoms with Gasteiger partial charge in [0.05, 0.1) is 23.7 Å². The molecule has 9 heteroatoms. The summed E-state index contributed by atoms with van der Waals surface area (Å²) in [5.41, 5.74) is 0.781. The van der Waals surface area contributed by atoms with Crippen molar-refractivity contribution in [2.45, 2.75) is 10.9 Å². The highest BCUT2D eigenvalue weighted by Gasteiger charge is 2.23. The van der Waals surface area contributed by atoms with Gasteiger partial charge < -0.3 is 15.0 Å². The van der Waals surface area contributed by atoms with E-state index in [1.165, 1.54) is 23.5 Å². The maximum Gasteiger partial charge on any atom is 0.264 e. The Balaban J connectivity index is 1.76. The molecule has 0 radical (unpaired) electrons. The van der Waals surface area contributed by atoms with E-state index < -0.39 is 10.0 Å². The van der Waals surface area contributed by atoms with Crippen molar-refractivity contribution in [1.82, 2.24) is 10.2 Å². The number of nitrogens with one attached hydrogen (secondary N) is 1. The third kappa shape index (κ3) is 5.29. The van der Waals surface area contributed by atoms with Crippen LogP contribution in [0.3, 0.4) is 0 Å². The minimum atomic E-state index is -3.84. The van der Waals surface area contributed by atoms with Gasteiger partial charge in [-0.1, -0.05) is 12.1 Å². The molecule has 3 aromatic rings. The number of sulfonamides is 1. The number of anilines is 1. The van der Waals surface area contributed by atoms with E-state index in [9.17, 15) is 13.2 Å². The normalized spacial score (nSPS) is 12.4. The maximum atomic E-state index is 13.1. The number of hydrogen-bond donors (Lipinski definition) is 1. The second kappa shape index (κ2) is 10.2. The van der Waals surface area contributed by atoms with Crippen molar-refractivity contribution in [3.05, 3.63) is 76.5 Å². The Morgan fingerprint density at radius 3 is 2.38 bits per heavy atom. The molecule has 1 N–H and O–H groups in total. The first-order valence-electron chi connectivity index (χ1n) is 9.95. The van der Waals surface area contributed by atoms with Crippen molar-refractivity contribution in [3.63, 3.8) is 0 Å². The van der Waals surface area contributed by atoms with Gasteiger partial charge >= 0.3 is 0 Å². The molecule has 1 amide bonds. The van der Waals surface area contributed by atoms with Crippen LogP contribution in [-0.4, -0.2) is 54.0 Å². The number of likely N-dealkylation sites (N-methyl/N-ethyl adjacent to an activating group) is 1. The zero-order valence-electron chi connectivity index (χ0n) is 18.5. The molecule has 0 saturated heterocycles. The Kier molecular flexibility index (Phi) is 7.55. The molecule has 0 aliphatic rings. The second-order valence-corrected chi connectivity index (χ2v) is 10.4. The zero-order chi connectivity index (χ0) is 23.3. The molecule has 0 bridgehead atoms. The lowest BCUT2D eigenvalue weighted by Gasteiger charge is -2.23. The van der Waals surface area contributed by atoms with Crippen molar-refractivity contribution >= 4 is 33.0 Å². The number of carbonyl (C=O) groups is 1. The van der Waals surface area contributed by atoms with Crippen LogP contribution in [0.5, 0.6) is 5.75 Å². The smallest absolute Gasteiger partial charge is 0.264 e. The topological polar surface area (TPSA) is 78.9 Å². The van der Waals surface area contributed by atoms with Crippen LogP contribution in [0.25, 0.3) is 0 Å². The first-order chi connectivity index (χ1) is 15.2. The molecule has 0 aliphatic heterocycles. The van der Waals surface area contributed by atoms with Gasteiger partial charge in [-0.2, -0.15) is 0 Å². The van der Waals surface area contributed by atoms with Gasteiger partial charge in [-0.25, -0.2) is 8.42 Å².